The number of carbonyl (C=O) groups is 2. The predicted octanol–water partition coefficient (Wildman–Crippen LogP) is 3.40. The minimum Gasteiger partial charge on any atom is -0.479 e. The maximum atomic E-state index is 13.4. The molecule has 1 amide bonds. The van der Waals surface area contributed by atoms with Gasteiger partial charge in [-0.05, 0) is 23.6 Å². The number of benzene rings is 1. The van der Waals surface area contributed by atoms with Gasteiger partial charge in [0.05, 0.1) is 5.02 Å². The number of halogens is 2. The van der Waals surface area contributed by atoms with Gasteiger partial charge >= 0.3 is 5.97 Å². The molecule has 0 aromatic heterocycles. The number of aliphatic carboxylic acids is 1. The fraction of sp³-hybridized carbons (Fsp3) is 0.467. The molecule has 0 saturated heterocycles. The maximum Gasteiger partial charge on any atom is 0.330 e. The van der Waals surface area contributed by atoms with Crippen LogP contribution in [-0.4, -0.2) is 17.0 Å². The Balaban J connectivity index is 2.95. The molecule has 1 aromatic carbocycles. The predicted molar refractivity (Wildman–Crippen MR) is 78.5 cm³/mol. The van der Waals surface area contributed by atoms with Crippen molar-refractivity contribution in [1.82, 2.24) is 5.32 Å². The highest BCUT2D eigenvalue weighted by Crippen LogP contribution is 2.22. The molecular weight excluding hydrogens is 297 g/mol. The van der Waals surface area contributed by atoms with Crippen LogP contribution >= 0.6 is 11.6 Å². The van der Waals surface area contributed by atoms with E-state index in [-0.39, 0.29) is 28.3 Å². The fourth-order valence-corrected chi connectivity index (χ4v) is 1.98. The lowest BCUT2D eigenvalue weighted by Gasteiger charge is -2.21. The van der Waals surface area contributed by atoms with Crippen LogP contribution < -0.4 is 5.32 Å². The molecule has 1 rings (SSSR count). The third-order valence-electron chi connectivity index (χ3n) is 3.72. The third-order valence-corrected chi connectivity index (χ3v) is 4.03. The molecule has 0 aliphatic carbocycles. The molecule has 0 fully saturated rings. The number of hydrogen-bond donors (Lipinski definition) is 2. The van der Waals surface area contributed by atoms with Crippen molar-refractivity contribution < 1.29 is 19.1 Å². The lowest BCUT2D eigenvalue weighted by atomic mass is 9.92. The van der Waals surface area contributed by atoms with E-state index in [1.54, 1.807) is 6.92 Å². The zero-order chi connectivity index (χ0) is 16.2. The van der Waals surface area contributed by atoms with Crippen LogP contribution in [0.4, 0.5) is 4.39 Å². The maximum absolute atomic E-state index is 13.4. The fourth-order valence-electron chi connectivity index (χ4n) is 1.87. The second kappa shape index (κ2) is 7.41. The molecule has 116 valence electrons. The molecule has 0 bridgehead atoms. The van der Waals surface area contributed by atoms with Crippen molar-refractivity contribution in [1.29, 1.82) is 0 Å². The van der Waals surface area contributed by atoms with E-state index in [9.17, 15) is 19.1 Å². The molecule has 0 aliphatic rings. The third kappa shape index (κ3) is 4.43. The van der Waals surface area contributed by atoms with Gasteiger partial charge in [-0.25, -0.2) is 9.18 Å². The number of rotatable bonds is 6. The summed E-state index contributed by atoms with van der Waals surface area (Å²) in [5.74, 6) is -2.53. The minimum atomic E-state index is -1.30. The number of carboxylic acids is 1. The van der Waals surface area contributed by atoms with Crippen molar-refractivity contribution in [3.63, 3.8) is 0 Å². The molecule has 21 heavy (non-hydrogen) atoms. The highest BCUT2D eigenvalue weighted by molar-refractivity contribution is 6.30. The van der Waals surface area contributed by atoms with Gasteiger partial charge in [0.25, 0.3) is 0 Å². The first-order chi connectivity index (χ1) is 9.77. The Morgan fingerprint density at radius 1 is 1.38 bits per heavy atom. The van der Waals surface area contributed by atoms with Crippen molar-refractivity contribution in [3.8, 4) is 0 Å². The van der Waals surface area contributed by atoms with E-state index in [2.05, 4.69) is 5.32 Å². The molecule has 6 heteroatoms. The summed E-state index contributed by atoms with van der Waals surface area (Å²) >= 11 is 5.57. The van der Waals surface area contributed by atoms with Crippen molar-refractivity contribution in [3.05, 3.63) is 34.6 Å². The number of carboxylic acid groups (broad SMARTS) is 1. The number of hydrogen-bond acceptors (Lipinski definition) is 2. The van der Waals surface area contributed by atoms with E-state index in [0.717, 1.165) is 12.5 Å². The standard InChI is InChI=1S/C15H19ClFNO3/c1-4-8(2)9(3)14(19)18-13(15(20)21)10-5-6-11(16)12(17)7-10/h5-9,13H,4H2,1-3H3,(H,18,19)(H,20,21). The van der Waals surface area contributed by atoms with Crippen molar-refractivity contribution >= 4 is 23.5 Å². The first kappa shape index (κ1) is 17.4. The molecule has 3 atom stereocenters. The van der Waals surface area contributed by atoms with E-state index in [1.807, 2.05) is 13.8 Å². The summed E-state index contributed by atoms with van der Waals surface area (Å²) in [4.78, 5) is 23.4. The molecular formula is C15H19ClFNO3. The quantitative estimate of drug-likeness (QED) is 0.845. The van der Waals surface area contributed by atoms with Gasteiger partial charge < -0.3 is 10.4 Å². The molecule has 0 saturated carbocycles. The molecule has 4 nitrogen and oxygen atoms in total. The number of nitrogens with one attached hydrogen (secondary N) is 1. The van der Waals surface area contributed by atoms with Gasteiger partial charge in [-0.2, -0.15) is 0 Å². The Labute approximate surface area is 128 Å². The Hall–Kier alpha value is -1.62. The van der Waals surface area contributed by atoms with Gasteiger partial charge in [-0.15, -0.1) is 0 Å². The minimum absolute atomic E-state index is 0.0952. The molecule has 0 spiro atoms. The van der Waals surface area contributed by atoms with Crippen LogP contribution in [0, 0.1) is 17.7 Å². The van der Waals surface area contributed by atoms with Crippen molar-refractivity contribution in [2.75, 3.05) is 0 Å². The van der Waals surface area contributed by atoms with Crippen LogP contribution in [0.5, 0.6) is 0 Å². The second-order valence-corrected chi connectivity index (χ2v) is 5.53. The zero-order valence-electron chi connectivity index (χ0n) is 12.2. The summed E-state index contributed by atoms with van der Waals surface area (Å²) in [7, 11) is 0. The molecule has 3 unspecified atom stereocenters. The molecule has 0 radical (unpaired) electrons. The summed E-state index contributed by atoms with van der Waals surface area (Å²) in [5, 5.41) is 11.6. The number of carbonyl (C=O) groups excluding carboxylic acids is 1. The zero-order valence-corrected chi connectivity index (χ0v) is 12.9. The first-order valence-electron chi connectivity index (χ1n) is 6.76. The van der Waals surface area contributed by atoms with Gasteiger partial charge in [0.2, 0.25) is 5.91 Å². The van der Waals surface area contributed by atoms with Gasteiger partial charge in [-0.3, -0.25) is 4.79 Å². The Kier molecular flexibility index (Phi) is 6.15. The lowest BCUT2D eigenvalue weighted by molar-refractivity contribution is -0.142. The van der Waals surface area contributed by atoms with E-state index in [4.69, 9.17) is 11.6 Å². The van der Waals surface area contributed by atoms with E-state index in [1.165, 1.54) is 12.1 Å². The average molecular weight is 316 g/mol. The Morgan fingerprint density at radius 2 is 2.00 bits per heavy atom. The average Bonchev–Trinajstić information content (AvgIpc) is 2.45. The summed E-state index contributed by atoms with van der Waals surface area (Å²) in [5.41, 5.74) is 0.147. The van der Waals surface area contributed by atoms with Crippen LogP contribution in [0.2, 0.25) is 5.02 Å². The van der Waals surface area contributed by atoms with Crippen LogP contribution in [0.3, 0.4) is 0 Å². The van der Waals surface area contributed by atoms with Crippen LogP contribution in [-0.2, 0) is 9.59 Å². The second-order valence-electron chi connectivity index (χ2n) is 5.13. The van der Waals surface area contributed by atoms with E-state index in [0.29, 0.717) is 0 Å². The summed E-state index contributed by atoms with van der Waals surface area (Å²) < 4.78 is 13.4. The molecule has 0 heterocycles. The molecule has 0 aliphatic heterocycles. The Bertz CT molecular complexity index is 536. The van der Waals surface area contributed by atoms with Gasteiger partial charge in [0.1, 0.15) is 5.82 Å². The topological polar surface area (TPSA) is 66.4 Å². The SMILES string of the molecule is CCC(C)C(C)C(=O)NC(C(=O)O)c1ccc(Cl)c(F)c1. The normalized spacial score (nSPS) is 15.1. The van der Waals surface area contributed by atoms with Crippen LogP contribution in [0.25, 0.3) is 0 Å². The Morgan fingerprint density at radius 3 is 2.48 bits per heavy atom. The monoisotopic (exact) mass is 315 g/mol. The van der Waals surface area contributed by atoms with Crippen LogP contribution in [0.15, 0.2) is 18.2 Å². The summed E-state index contributed by atoms with van der Waals surface area (Å²) in [6.07, 6.45) is 0.807. The van der Waals surface area contributed by atoms with Gasteiger partial charge in [0, 0.05) is 5.92 Å². The van der Waals surface area contributed by atoms with Gasteiger partial charge in [-0.1, -0.05) is 44.9 Å². The highest BCUT2D eigenvalue weighted by Gasteiger charge is 2.27. The largest absolute Gasteiger partial charge is 0.479 e. The summed E-state index contributed by atoms with van der Waals surface area (Å²) in [6.45, 7) is 5.62. The van der Waals surface area contributed by atoms with Crippen molar-refractivity contribution in [2.45, 2.75) is 33.2 Å². The van der Waals surface area contributed by atoms with E-state index >= 15 is 0 Å². The molecule has 1 aromatic rings. The highest BCUT2D eigenvalue weighted by atomic mass is 35.5. The van der Waals surface area contributed by atoms with Crippen LogP contribution in [0.1, 0.15) is 38.8 Å². The first-order valence-corrected chi connectivity index (χ1v) is 7.13. The van der Waals surface area contributed by atoms with Gasteiger partial charge in [0.15, 0.2) is 6.04 Å². The smallest absolute Gasteiger partial charge is 0.330 e. The van der Waals surface area contributed by atoms with E-state index < -0.39 is 17.8 Å². The summed E-state index contributed by atoms with van der Waals surface area (Å²) in [6, 6.07) is 2.39. The van der Waals surface area contributed by atoms with Crippen molar-refractivity contribution in [2.24, 2.45) is 11.8 Å². The number of amides is 1. The lowest BCUT2D eigenvalue weighted by Crippen LogP contribution is -2.38. The molecule has 2 N–H and O–H groups in total.